The van der Waals surface area contributed by atoms with E-state index in [9.17, 15) is 0 Å². The minimum absolute atomic E-state index is 0. The number of nitrogens with one attached hydrogen (secondary N) is 1. The van der Waals surface area contributed by atoms with Gasteiger partial charge in [-0.15, -0.1) is 12.4 Å². The Morgan fingerprint density at radius 1 is 1.10 bits per heavy atom. The molecule has 1 saturated heterocycles. The lowest BCUT2D eigenvalue weighted by Crippen LogP contribution is -2.29. The summed E-state index contributed by atoms with van der Waals surface area (Å²) in [6, 6.07) is 16.6. The van der Waals surface area contributed by atoms with Crippen LogP contribution in [0.3, 0.4) is 0 Å². The van der Waals surface area contributed by atoms with Gasteiger partial charge in [0.25, 0.3) is 0 Å². The first-order valence-electron chi connectivity index (χ1n) is 10.3. The highest BCUT2D eigenvalue weighted by molar-refractivity contribution is 5.85. The molecular weight excluding hydrogens is 398 g/mol. The normalized spacial score (nSPS) is 19.7. The van der Waals surface area contributed by atoms with E-state index in [1.165, 1.54) is 24.8 Å². The smallest absolute Gasteiger partial charge is 0.230 e. The Morgan fingerprint density at radius 2 is 1.97 bits per heavy atom. The molecule has 1 saturated carbocycles. The van der Waals surface area contributed by atoms with Crippen LogP contribution in [0.15, 0.2) is 59.4 Å². The van der Waals surface area contributed by atoms with Crippen molar-refractivity contribution in [2.24, 2.45) is 5.41 Å². The van der Waals surface area contributed by atoms with Gasteiger partial charge < -0.3 is 14.4 Å². The summed E-state index contributed by atoms with van der Waals surface area (Å²) in [6.45, 7) is 2.96. The third kappa shape index (κ3) is 3.30. The van der Waals surface area contributed by atoms with E-state index in [2.05, 4.69) is 50.4 Å². The second-order valence-corrected chi connectivity index (χ2v) is 8.39. The summed E-state index contributed by atoms with van der Waals surface area (Å²) < 4.78 is 7.85. The Hall–Kier alpha value is -2.70. The molecule has 0 radical (unpaired) electrons. The quantitative estimate of drug-likeness (QED) is 0.528. The molecule has 2 fully saturated rings. The molecular formula is C23H24ClN5O. The predicted molar refractivity (Wildman–Crippen MR) is 118 cm³/mol. The van der Waals surface area contributed by atoms with Gasteiger partial charge in [0.15, 0.2) is 0 Å². The predicted octanol–water partition coefficient (Wildman–Crippen LogP) is 4.41. The van der Waals surface area contributed by atoms with E-state index in [1.807, 2.05) is 24.5 Å². The molecule has 3 heterocycles. The molecule has 1 aliphatic heterocycles. The first-order chi connectivity index (χ1) is 14.3. The number of nitrogens with zero attached hydrogens (tertiary/aromatic N) is 4. The fraction of sp³-hybridized carbons (Fsp3) is 0.348. The molecule has 4 aromatic rings. The number of fused-ring (bicyclic) bond motifs is 1. The summed E-state index contributed by atoms with van der Waals surface area (Å²) in [6.07, 6.45) is 5.51. The standard InChI is InChI=1S/C23H23N5O.ClH/c1-2-7-20-19(6-1)25-15-28(20)14-16-4-3-5-17(12-16)21-26-22(29-27-21)18-13-23(18)8-10-24-11-9-23;/h1-7,12,15,18,24H,8-11,13-14H2;1H. The van der Waals surface area contributed by atoms with E-state index >= 15 is 0 Å². The zero-order valence-electron chi connectivity index (χ0n) is 16.6. The maximum atomic E-state index is 5.68. The number of imidazole rings is 1. The van der Waals surface area contributed by atoms with Gasteiger partial charge in [0.05, 0.1) is 17.4 Å². The maximum absolute atomic E-state index is 5.68. The van der Waals surface area contributed by atoms with Crippen molar-refractivity contribution >= 4 is 23.4 Å². The molecule has 1 aliphatic carbocycles. The van der Waals surface area contributed by atoms with Gasteiger partial charge in [0, 0.05) is 18.0 Å². The van der Waals surface area contributed by atoms with Gasteiger partial charge in [0.1, 0.15) is 0 Å². The second kappa shape index (κ2) is 7.52. The van der Waals surface area contributed by atoms with Crippen LogP contribution in [0.25, 0.3) is 22.4 Å². The average molecular weight is 422 g/mol. The molecule has 1 atom stereocenters. The van der Waals surface area contributed by atoms with Gasteiger partial charge in [-0.2, -0.15) is 4.98 Å². The number of benzene rings is 2. The molecule has 2 aromatic heterocycles. The molecule has 2 aromatic carbocycles. The summed E-state index contributed by atoms with van der Waals surface area (Å²) in [4.78, 5) is 9.25. The summed E-state index contributed by atoms with van der Waals surface area (Å²) in [7, 11) is 0. The number of piperidine rings is 1. The molecule has 1 spiro atoms. The number of para-hydroxylation sites is 2. The maximum Gasteiger partial charge on any atom is 0.230 e. The minimum Gasteiger partial charge on any atom is -0.339 e. The van der Waals surface area contributed by atoms with Gasteiger partial charge in [-0.05, 0) is 61.5 Å². The Balaban J connectivity index is 0.00000193. The number of halogens is 1. The Bertz CT molecular complexity index is 1180. The van der Waals surface area contributed by atoms with Gasteiger partial charge in [-0.1, -0.05) is 35.5 Å². The monoisotopic (exact) mass is 421 g/mol. The topological polar surface area (TPSA) is 68.8 Å². The number of hydrogen-bond donors (Lipinski definition) is 1. The van der Waals surface area contributed by atoms with Crippen LogP contribution in [0.2, 0.25) is 0 Å². The van der Waals surface area contributed by atoms with Crippen molar-refractivity contribution in [2.75, 3.05) is 13.1 Å². The summed E-state index contributed by atoms with van der Waals surface area (Å²) in [5, 5.41) is 7.74. The first kappa shape index (κ1) is 19.3. The molecule has 2 aliphatic rings. The van der Waals surface area contributed by atoms with E-state index in [1.54, 1.807) is 0 Å². The third-order valence-electron chi connectivity index (χ3n) is 6.59. The van der Waals surface area contributed by atoms with Crippen LogP contribution in [-0.4, -0.2) is 32.8 Å². The molecule has 154 valence electrons. The Labute approximate surface area is 181 Å². The van der Waals surface area contributed by atoms with Gasteiger partial charge >= 0.3 is 0 Å². The zero-order valence-corrected chi connectivity index (χ0v) is 17.4. The van der Waals surface area contributed by atoms with Crippen LogP contribution >= 0.6 is 12.4 Å². The lowest BCUT2D eigenvalue weighted by atomic mass is 9.92. The highest BCUT2D eigenvalue weighted by Crippen LogP contribution is 2.63. The van der Waals surface area contributed by atoms with Crippen LogP contribution < -0.4 is 5.32 Å². The van der Waals surface area contributed by atoms with Crippen LogP contribution in [0.4, 0.5) is 0 Å². The van der Waals surface area contributed by atoms with Gasteiger partial charge in [-0.25, -0.2) is 4.98 Å². The summed E-state index contributed by atoms with van der Waals surface area (Å²) in [5.41, 5.74) is 4.75. The highest BCUT2D eigenvalue weighted by atomic mass is 35.5. The van der Waals surface area contributed by atoms with Crippen LogP contribution in [0, 0.1) is 5.41 Å². The van der Waals surface area contributed by atoms with Crippen LogP contribution in [0.5, 0.6) is 0 Å². The van der Waals surface area contributed by atoms with E-state index < -0.39 is 0 Å². The Morgan fingerprint density at radius 3 is 2.87 bits per heavy atom. The molecule has 1 unspecified atom stereocenters. The molecule has 0 bridgehead atoms. The van der Waals surface area contributed by atoms with Crippen LogP contribution in [0.1, 0.15) is 36.6 Å². The number of rotatable bonds is 4. The van der Waals surface area contributed by atoms with Crippen molar-refractivity contribution in [1.82, 2.24) is 25.0 Å². The van der Waals surface area contributed by atoms with Crippen molar-refractivity contribution in [2.45, 2.75) is 31.7 Å². The molecule has 30 heavy (non-hydrogen) atoms. The highest BCUT2D eigenvalue weighted by Gasteiger charge is 2.57. The summed E-state index contributed by atoms with van der Waals surface area (Å²) in [5.74, 6) is 1.94. The molecule has 1 N–H and O–H groups in total. The largest absolute Gasteiger partial charge is 0.339 e. The minimum atomic E-state index is 0. The third-order valence-corrected chi connectivity index (χ3v) is 6.59. The van der Waals surface area contributed by atoms with Crippen molar-refractivity contribution in [3.63, 3.8) is 0 Å². The van der Waals surface area contributed by atoms with Gasteiger partial charge in [-0.3, -0.25) is 0 Å². The van der Waals surface area contributed by atoms with E-state index in [-0.39, 0.29) is 12.4 Å². The SMILES string of the molecule is Cl.c1cc(Cn2cnc3ccccc32)cc(-c2noc(C3CC34CCNCC4)n2)c1. The lowest BCUT2D eigenvalue weighted by Gasteiger charge is -2.22. The average Bonchev–Trinajstić information content (AvgIpc) is 3.12. The fourth-order valence-corrected chi connectivity index (χ4v) is 4.81. The molecule has 0 amide bonds. The molecule has 6 rings (SSSR count). The van der Waals surface area contributed by atoms with E-state index in [0.717, 1.165) is 42.1 Å². The Kier molecular flexibility index (Phi) is 4.83. The van der Waals surface area contributed by atoms with E-state index in [0.29, 0.717) is 17.2 Å². The number of hydrogen-bond acceptors (Lipinski definition) is 5. The lowest BCUT2D eigenvalue weighted by molar-refractivity contribution is 0.311. The first-order valence-corrected chi connectivity index (χ1v) is 10.3. The van der Waals surface area contributed by atoms with Crippen LogP contribution in [-0.2, 0) is 6.54 Å². The van der Waals surface area contributed by atoms with Crippen molar-refractivity contribution < 1.29 is 4.52 Å². The fourth-order valence-electron chi connectivity index (χ4n) is 4.81. The second-order valence-electron chi connectivity index (χ2n) is 8.39. The van der Waals surface area contributed by atoms with E-state index in [4.69, 9.17) is 9.51 Å². The summed E-state index contributed by atoms with van der Waals surface area (Å²) >= 11 is 0. The molecule has 6 nitrogen and oxygen atoms in total. The zero-order chi connectivity index (χ0) is 19.3. The van der Waals surface area contributed by atoms with Crippen molar-refractivity contribution in [1.29, 1.82) is 0 Å². The van der Waals surface area contributed by atoms with Crippen molar-refractivity contribution in [3.05, 3.63) is 66.3 Å². The number of aromatic nitrogens is 4. The van der Waals surface area contributed by atoms with Gasteiger partial charge in [0.2, 0.25) is 11.7 Å². The molecule has 7 heteroatoms. The van der Waals surface area contributed by atoms with Crippen molar-refractivity contribution in [3.8, 4) is 11.4 Å².